The zero-order chi connectivity index (χ0) is 11.7. The molecule has 0 radical (unpaired) electrons. The van der Waals surface area contributed by atoms with Crippen LogP contribution < -0.4 is 0 Å². The molecule has 0 amide bonds. The zero-order valence-electron chi connectivity index (χ0n) is 10.1. The van der Waals surface area contributed by atoms with E-state index >= 15 is 0 Å². The third-order valence-electron chi connectivity index (χ3n) is 2.26. The average molecular weight is 210 g/mol. The van der Waals surface area contributed by atoms with Gasteiger partial charge in [-0.05, 0) is 25.8 Å². The van der Waals surface area contributed by atoms with Crippen LogP contribution in [0.4, 0.5) is 0 Å². The van der Waals surface area contributed by atoms with Gasteiger partial charge in [0, 0.05) is 19.6 Å². The van der Waals surface area contributed by atoms with Gasteiger partial charge >= 0.3 is 0 Å². The van der Waals surface area contributed by atoms with E-state index < -0.39 is 0 Å². The van der Waals surface area contributed by atoms with Gasteiger partial charge in [0.05, 0.1) is 13.2 Å². The van der Waals surface area contributed by atoms with E-state index in [1.807, 2.05) is 13.0 Å². The van der Waals surface area contributed by atoms with Crippen LogP contribution in [0.5, 0.6) is 0 Å². The summed E-state index contributed by atoms with van der Waals surface area (Å²) in [7, 11) is 3.42. The molecular weight excluding hydrogens is 188 g/mol. The minimum absolute atomic E-state index is 0.0278. The van der Waals surface area contributed by atoms with Gasteiger partial charge in [0.25, 0.3) is 0 Å². The molecule has 2 nitrogen and oxygen atoms in total. The summed E-state index contributed by atoms with van der Waals surface area (Å²) in [4.78, 5) is 0. The van der Waals surface area contributed by atoms with Crippen molar-refractivity contribution in [3.8, 4) is 0 Å². The van der Waals surface area contributed by atoms with Crippen LogP contribution in [0.15, 0.2) is 30.5 Å². The molecule has 0 aromatic carbocycles. The van der Waals surface area contributed by atoms with E-state index in [0.29, 0.717) is 13.2 Å². The van der Waals surface area contributed by atoms with E-state index in [1.54, 1.807) is 14.2 Å². The van der Waals surface area contributed by atoms with Gasteiger partial charge in [-0.15, -0.1) is 12.3 Å². The highest BCUT2D eigenvalue weighted by Gasteiger charge is 2.29. The smallest absolute Gasteiger partial charge is 0.0547 e. The molecule has 86 valence electrons. The molecule has 0 aliphatic heterocycles. The lowest BCUT2D eigenvalue weighted by Crippen LogP contribution is -2.31. The van der Waals surface area contributed by atoms with Crippen LogP contribution in [0.25, 0.3) is 0 Å². The summed E-state index contributed by atoms with van der Waals surface area (Å²) in [5.74, 6) is 0. The fourth-order valence-corrected chi connectivity index (χ4v) is 1.87. The molecule has 0 rings (SSSR count). The largest absolute Gasteiger partial charge is 0.384 e. The van der Waals surface area contributed by atoms with Crippen LogP contribution in [0.2, 0.25) is 0 Å². The minimum atomic E-state index is -0.0278. The Morgan fingerprint density at radius 1 is 1.33 bits per heavy atom. The van der Waals surface area contributed by atoms with Crippen molar-refractivity contribution in [1.29, 1.82) is 0 Å². The highest BCUT2D eigenvalue weighted by Crippen LogP contribution is 2.31. The molecule has 0 unspecified atom stereocenters. The zero-order valence-corrected chi connectivity index (χ0v) is 10.1. The van der Waals surface area contributed by atoms with Crippen LogP contribution in [0.1, 0.15) is 19.8 Å². The van der Waals surface area contributed by atoms with Crippen molar-refractivity contribution < 1.29 is 9.47 Å². The Labute approximate surface area is 93.3 Å². The fraction of sp³-hybridized carbons (Fsp3) is 0.615. The van der Waals surface area contributed by atoms with Crippen molar-refractivity contribution in [2.24, 2.45) is 5.41 Å². The third kappa shape index (κ3) is 5.58. The van der Waals surface area contributed by atoms with E-state index in [4.69, 9.17) is 9.47 Å². The first kappa shape index (κ1) is 14.2. The number of allylic oxidation sites excluding steroid dienone is 2. The summed E-state index contributed by atoms with van der Waals surface area (Å²) in [5.41, 5.74) is 3.91. The molecule has 2 heteroatoms. The van der Waals surface area contributed by atoms with Gasteiger partial charge in [-0.2, -0.15) is 0 Å². The van der Waals surface area contributed by atoms with Crippen molar-refractivity contribution in [1.82, 2.24) is 0 Å². The molecule has 0 saturated carbocycles. The Morgan fingerprint density at radius 2 is 1.87 bits per heavy atom. The molecule has 0 aromatic rings. The molecule has 0 fully saturated rings. The SMILES string of the molecule is C=C=CCC(COC)(COC)CC(=C)C. The highest BCUT2D eigenvalue weighted by molar-refractivity contribution is 5.00. The number of methoxy groups -OCH3 is 2. The molecule has 0 aromatic heterocycles. The monoisotopic (exact) mass is 210 g/mol. The van der Waals surface area contributed by atoms with E-state index in [1.165, 1.54) is 0 Å². The van der Waals surface area contributed by atoms with Crippen LogP contribution in [0.3, 0.4) is 0 Å². The van der Waals surface area contributed by atoms with Gasteiger partial charge in [-0.1, -0.05) is 12.2 Å². The standard InChI is InChI=1S/C13H22O2/c1-6-7-8-13(10-14-4,11-15-5)9-12(2)3/h7H,1-2,8-11H2,3-5H3. The normalized spacial score (nSPS) is 10.9. The first-order valence-corrected chi connectivity index (χ1v) is 5.07. The lowest BCUT2D eigenvalue weighted by atomic mass is 9.80. The van der Waals surface area contributed by atoms with E-state index in [2.05, 4.69) is 18.9 Å². The molecule has 0 bridgehead atoms. The molecule has 0 aliphatic rings. The van der Waals surface area contributed by atoms with Crippen molar-refractivity contribution in [3.63, 3.8) is 0 Å². The Kier molecular flexibility index (Phi) is 7.06. The maximum atomic E-state index is 5.27. The fourth-order valence-electron chi connectivity index (χ4n) is 1.87. The second-order valence-corrected chi connectivity index (χ2v) is 4.11. The van der Waals surface area contributed by atoms with Crippen LogP contribution in [-0.2, 0) is 9.47 Å². The number of ether oxygens (including phenoxy) is 2. The number of hydrogen-bond acceptors (Lipinski definition) is 2. The van der Waals surface area contributed by atoms with Crippen molar-refractivity contribution in [3.05, 3.63) is 30.5 Å². The number of rotatable bonds is 8. The quantitative estimate of drug-likeness (QED) is 0.453. The van der Waals surface area contributed by atoms with Gasteiger partial charge in [0.2, 0.25) is 0 Å². The maximum Gasteiger partial charge on any atom is 0.0547 e. The Bertz CT molecular complexity index is 225. The maximum absolute atomic E-state index is 5.27. The van der Waals surface area contributed by atoms with Gasteiger partial charge in [-0.3, -0.25) is 0 Å². The van der Waals surface area contributed by atoms with Gasteiger partial charge in [0.15, 0.2) is 0 Å². The summed E-state index contributed by atoms with van der Waals surface area (Å²) >= 11 is 0. The first-order valence-electron chi connectivity index (χ1n) is 5.07. The molecule has 0 N–H and O–H groups in total. The summed E-state index contributed by atoms with van der Waals surface area (Å²) in [6.07, 6.45) is 3.68. The Balaban J connectivity index is 4.68. The van der Waals surface area contributed by atoms with Gasteiger partial charge < -0.3 is 9.47 Å². The summed E-state index contributed by atoms with van der Waals surface area (Å²) in [5, 5.41) is 0. The van der Waals surface area contributed by atoms with Crippen LogP contribution in [-0.4, -0.2) is 27.4 Å². The van der Waals surface area contributed by atoms with Crippen molar-refractivity contribution in [2.75, 3.05) is 27.4 Å². The summed E-state index contributed by atoms with van der Waals surface area (Å²) in [6, 6.07) is 0. The highest BCUT2D eigenvalue weighted by atomic mass is 16.5. The summed E-state index contributed by atoms with van der Waals surface area (Å²) in [6.45, 7) is 10.9. The predicted octanol–water partition coefficient (Wildman–Crippen LogP) is 2.96. The Hall–Kier alpha value is -0.820. The molecule has 0 aliphatic carbocycles. The van der Waals surface area contributed by atoms with E-state index in [-0.39, 0.29) is 5.41 Å². The van der Waals surface area contributed by atoms with Gasteiger partial charge in [-0.25, -0.2) is 0 Å². The van der Waals surface area contributed by atoms with E-state index in [9.17, 15) is 0 Å². The number of hydrogen-bond donors (Lipinski definition) is 0. The molecular formula is C13H22O2. The second-order valence-electron chi connectivity index (χ2n) is 4.11. The lowest BCUT2D eigenvalue weighted by molar-refractivity contribution is 0.0121. The molecule has 15 heavy (non-hydrogen) atoms. The summed E-state index contributed by atoms with van der Waals surface area (Å²) < 4.78 is 10.5. The topological polar surface area (TPSA) is 18.5 Å². The van der Waals surface area contributed by atoms with Crippen molar-refractivity contribution in [2.45, 2.75) is 19.8 Å². The van der Waals surface area contributed by atoms with Crippen LogP contribution >= 0.6 is 0 Å². The van der Waals surface area contributed by atoms with E-state index in [0.717, 1.165) is 18.4 Å². The van der Waals surface area contributed by atoms with Crippen LogP contribution in [0, 0.1) is 5.41 Å². The predicted molar refractivity (Wildman–Crippen MR) is 63.9 cm³/mol. The lowest BCUT2D eigenvalue weighted by Gasteiger charge is -2.31. The third-order valence-corrected chi connectivity index (χ3v) is 2.26. The van der Waals surface area contributed by atoms with Crippen molar-refractivity contribution >= 4 is 0 Å². The van der Waals surface area contributed by atoms with Gasteiger partial charge in [0.1, 0.15) is 0 Å². The first-order chi connectivity index (χ1) is 7.10. The molecule has 0 heterocycles. The molecule has 0 atom stereocenters. The molecule has 0 spiro atoms. The Morgan fingerprint density at radius 3 is 2.20 bits per heavy atom. The average Bonchev–Trinajstić information content (AvgIpc) is 2.14. The minimum Gasteiger partial charge on any atom is -0.384 e. The second kappa shape index (κ2) is 7.47. The molecule has 0 saturated heterocycles.